The van der Waals surface area contributed by atoms with Crippen molar-refractivity contribution < 1.29 is 0 Å². The first kappa shape index (κ1) is 13.3. The summed E-state index contributed by atoms with van der Waals surface area (Å²) in [5.41, 5.74) is -1.54. The first-order valence-corrected chi connectivity index (χ1v) is 6.86. The lowest BCUT2D eigenvalue weighted by Gasteiger charge is -1.98. The molecule has 1 N–H and O–H groups in total. The monoisotopic (exact) mass is 307 g/mol. The number of H-pyrrole nitrogens is 1. The van der Waals surface area contributed by atoms with Crippen LogP contribution >= 0.6 is 0 Å². The molecule has 0 amide bonds. The molecule has 0 saturated carbocycles. The fraction of sp³-hybridized carbons (Fsp3) is 0.0625. The Morgan fingerprint density at radius 3 is 2.00 bits per heavy atom. The van der Waals surface area contributed by atoms with Crippen LogP contribution in [0.5, 0.6) is 0 Å². The molecule has 112 valence electrons. The maximum Gasteiger partial charge on any atom is 0.261 e. The van der Waals surface area contributed by atoms with Crippen molar-refractivity contribution in [2.45, 2.75) is 6.54 Å². The summed E-state index contributed by atoms with van der Waals surface area (Å²) in [5.74, 6) is 0. The van der Waals surface area contributed by atoms with Crippen LogP contribution in [-0.4, -0.2) is 14.5 Å². The maximum absolute atomic E-state index is 12.5. The molecule has 4 aromatic rings. The van der Waals surface area contributed by atoms with Gasteiger partial charge in [-0.05, 0) is 24.3 Å². The molecule has 1 aromatic carbocycles. The van der Waals surface area contributed by atoms with Gasteiger partial charge in [-0.2, -0.15) is 0 Å². The average molecular weight is 307 g/mol. The Morgan fingerprint density at radius 1 is 0.870 bits per heavy atom. The number of pyridine rings is 1. The number of hydrogen-bond acceptors (Lipinski definition) is 5. The second-order valence-corrected chi connectivity index (χ2v) is 5.24. The van der Waals surface area contributed by atoms with Gasteiger partial charge in [-0.1, -0.05) is 6.07 Å². The minimum atomic E-state index is -0.559. The minimum Gasteiger partial charge on any atom is -0.288 e. The summed E-state index contributed by atoms with van der Waals surface area (Å²) in [6.07, 6.45) is 1.57. The van der Waals surface area contributed by atoms with E-state index in [9.17, 15) is 19.2 Å². The summed E-state index contributed by atoms with van der Waals surface area (Å²) in [7, 11) is 0. The maximum atomic E-state index is 12.5. The van der Waals surface area contributed by atoms with Crippen LogP contribution in [0.25, 0.3) is 21.5 Å². The van der Waals surface area contributed by atoms with Gasteiger partial charge < -0.3 is 0 Å². The highest BCUT2D eigenvalue weighted by Gasteiger charge is 2.17. The number of aromatic nitrogens is 3. The van der Waals surface area contributed by atoms with Crippen molar-refractivity contribution in [3.05, 3.63) is 83.6 Å². The van der Waals surface area contributed by atoms with Gasteiger partial charge in [0, 0.05) is 6.20 Å². The summed E-state index contributed by atoms with van der Waals surface area (Å²) in [5, 5.41) is 0.508. The highest BCUT2D eigenvalue weighted by molar-refractivity contribution is 5.97. The topological polar surface area (TPSA) is 102 Å². The first-order valence-electron chi connectivity index (χ1n) is 6.86. The van der Waals surface area contributed by atoms with Crippen LogP contribution < -0.4 is 22.2 Å². The molecule has 7 nitrogen and oxygen atoms in total. The lowest BCUT2D eigenvalue weighted by Crippen LogP contribution is -2.26. The summed E-state index contributed by atoms with van der Waals surface area (Å²) >= 11 is 0. The molecule has 0 bridgehead atoms. The molecule has 0 unspecified atom stereocenters. The normalized spacial score (nSPS) is 11.5. The number of rotatable bonds is 2. The van der Waals surface area contributed by atoms with E-state index in [0.717, 1.165) is 4.57 Å². The number of benzene rings is 1. The van der Waals surface area contributed by atoms with E-state index < -0.39 is 22.2 Å². The van der Waals surface area contributed by atoms with Crippen LogP contribution in [0.1, 0.15) is 5.69 Å². The third-order valence-corrected chi connectivity index (χ3v) is 3.87. The quantitative estimate of drug-likeness (QED) is 0.556. The van der Waals surface area contributed by atoms with Gasteiger partial charge in [0.05, 0.1) is 33.8 Å². The van der Waals surface area contributed by atoms with Crippen molar-refractivity contribution >= 4 is 21.5 Å². The lowest BCUT2D eigenvalue weighted by atomic mass is 10.1. The zero-order valence-electron chi connectivity index (χ0n) is 11.7. The third-order valence-electron chi connectivity index (χ3n) is 3.87. The van der Waals surface area contributed by atoms with Gasteiger partial charge in [0.25, 0.3) is 22.2 Å². The Kier molecular flexibility index (Phi) is 2.65. The molecule has 0 fully saturated rings. The van der Waals surface area contributed by atoms with Gasteiger partial charge in [-0.15, -0.1) is 0 Å². The second-order valence-electron chi connectivity index (χ2n) is 5.24. The summed E-state index contributed by atoms with van der Waals surface area (Å²) < 4.78 is 1.06. The first-order chi connectivity index (χ1) is 11.1. The van der Waals surface area contributed by atoms with Crippen molar-refractivity contribution in [3.63, 3.8) is 0 Å². The number of aromatic amines is 1. The van der Waals surface area contributed by atoms with Crippen molar-refractivity contribution in [2.24, 2.45) is 0 Å². The number of hydrogen-bond donors (Lipinski definition) is 1. The smallest absolute Gasteiger partial charge is 0.261 e. The highest BCUT2D eigenvalue weighted by atomic mass is 16.2. The molecule has 23 heavy (non-hydrogen) atoms. The molecule has 0 aliphatic rings. The van der Waals surface area contributed by atoms with E-state index >= 15 is 0 Å². The Hall–Kier alpha value is -3.35. The molecule has 0 spiro atoms. The van der Waals surface area contributed by atoms with Crippen LogP contribution in [-0.2, 0) is 6.54 Å². The SMILES string of the molecule is O=c1[nH]c(=O)c2cc3c(=O)n(Cc4ccccn4)c(=O)c3cc12. The summed E-state index contributed by atoms with van der Waals surface area (Å²) in [6.45, 7) is 0.0397. The fourth-order valence-corrected chi connectivity index (χ4v) is 2.75. The molecule has 0 aliphatic heterocycles. The molecule has 3 aromatic heterocycles. The number of fused-ring (bicyclic) bond motifs is 2. The molecule has 0 radical (unpaired) electrons. The fourth-order valence-electron chi connectivity index (χ4n) is 2.75. The largest absolute Gasteiger partial charge is 0.288 e. The molecule has 0 aliphatic carbocycles. The van der Waals surface area contributed by atoms with Gasteiger partial charge in [0.15, 0.2) is 0 Å². The van der Waals surface area contributed by atoms with Crippen molar-refractivity contribution in [1.82, 2.24) is 14.5 Å². The van der Waals surface area contributed by atoms with Crippen LogP contribution in [0.4, 0.5) is 0 Å². The predicted molar refractivity (Wildman–Crippen MR) is 84.6 cm³/mol. The van der Waals surface area contributed by atoms with E-state index in [0.29, 0.717) is 5.69 Å². The van der Waals surface area contributed by atoms with Crippen molar-refractivity contribution in [3.8, 4) is 0 Å². The Bertz CT molecular complexity index is 1180. The van der Waals surface area contributed by atoms with Gasteiger partial charge in [0.2, 0.25) is 0 Å². The average Bonchev–Trinajstić information content (AvgIpc) is 2.96. The van der Waals surface area contributed by atoms with E-state index in [4.69, 9.17) is 0 Å². The van der Waals surface area contributed by atoms with Crippen molar-refractivity contribution in [2.75, 3.05) is 0 Å². The second kappa shape index (κ2) is 4.57. The van der Waals surface area contributed by atoms with Gasteiger partial charge >= 0.3 is 0 Å². The Balaban J connectivity index is 2.04. The predicted octanol–water partition coefficient (Wildman–Crippen LogP) is -0.118. The molecular weight excluding hydrogens is 298 g/mol. The Morgan fingerprint density at radius 2 is 1.48 bits per heavy atom. The number of nitrogens with zero attached hydrogens (tertiary/aromatic N) is 2. The van der Waals surface area contributed by atoms with Crippen molar-refractivity contribution in [1.29, 1.82) is 0 Å². The van der Waals surface area contributed by atoms with E-state index in [1.54, 1.807) is 24.4 Å². The van der Waals surface area contributed by atoms with E-state index in [-0.39, 0.29) is 28.1 Å². The summed E-state index contributed by atoms with van der Waals surface area (Å²) in [4.78, 5) is 54.5. The summed E-state index contributed by atoms with van der Waals surface area (Å²) in [6, 6.07) is 7.83. The number of nitrogens with one attached hydrogen (secondary N) is 1. The highest BCUT2D eigenvalue weighted by Crippen LogP contribution is 2.13. The molecule has 4 rings (SSSR count). The van der Waals surface area contributed by atoms with Crippen LogP contribution in [0, 0.1) is 0 Å². The van der Waals surface area contributed by atoms with Crippen LogP contribution in [0.3, 0.4) is 0 Å². The zero-order chi connectivity index (χ0) is 16.1. The molecular formula is C16H9N3O4. The van der Waals surface area contributed by atoms with Crippen LogP contribution in [0.15, 0.2) is 55.7 Å². The van der Waals surface area contributed by atoms with E-state index in [2.05, 4.69) is 9.97 Å². The molecule has 3 heterocycles. The van der Waals surface area contributed by atoms with Gasteiger partial charge in [-0.25, -0.2) is 0 Å². The zero-order valence-corrected chi connectivity index (χ0v) is 11.7. The standard InChI is InChI=1S/C16H9N3O4/c20-13-9-5-11-12(6-10(9)14(21)18-13)16(23)19(15(11)22)7-8-3-1-2-4-17-8/h1-6H,7H2,(H,18,20,21). The molecule has 0 atom stereocenters. The molecule has 7 heteroatoms. The Labute approximate surface area is 127 Å². The van der Waals surface area contributed by atoms with Gasteiger partial charge in [0.1, 0.15) is 0 Å². The minimum absolute atomic E-state index is 0.0397. The van der Waals surface area contributed by atoms with E-state index in [1.165, 1.54) is 12.1 Å². The van der Waals surface area contributed by atoms with Crippen LogP contribution in [0.2, 0.25) is 0 Å². The molecule has 0 saturated heterocycles. The van der Waals surface area contributed by atoms with Gasteiger partial charge in [-0.3, -0.25) is 33.7 Å². The lowest BCUT2D eigenvalue weighted by molar-refractivity contribution is 0.735. The third kappa shape index (κ3) is 1.87. The van der Waals surface area contributed by atoms with E-state index in [1.807, 2.05) is 0 Å².